The van der Waals surface area contributed by atoms with Gasteiger partial charge in [-0.15, -0.1) is 0 Å². The monoisotopic (exact) mass is 227 g/mol. The second kappa shape index (κ2) is 7.23. The highest BCUT2D eigenvalue weighted by molar-refractivity contribution is 8.13. The Morgan fingerprint density at radius 1 is 1.75 bits per heavy atom. The second-order valence-corrected chi connectivity index (χ2v) is 4.22. The number of nitrogens with one attached hydrogen (secondary N) is 1. The molecule has 4 atom stereocenters. The van der Waals surface area contributed by atoms with Crippen LogP contribution in [0.25, 0.3) is 0 Å². The van der Waals surface area contributed by atoms with Gasteiger partial charge in [0.1, 0.15) is 0 Å². The molecule has 0 saturated heterocycles. The van der Waals surface area contributed by atoms with Gasteiger partial charge >= 0.3 is 0 Å². The standard InChI is InChI=1S/C6H15NO2P2S/c1-4(9-11)6(7-10)3-12-5(2)8/h4,6-7H,3,10-11H2,1-2H3/t4-,6-/m1/s1. The predicted molar refractivity (Wildman–Crippen MR) is 60.0 cm³/mol. The van der Waals surface area contributed by atoms with Crippen LogP contribution in [0.1, 0.15) is 13.8 Å². The summed E-state index contributed by atoms with van der Waals surface area (Å²) in [5, 5.41) is 3.15. The van der Waals surface area contributed by atoms with Gasteiger partial charge in [-0.1, -0.05) is 21.2 Å². The van der Waals surface area contributed by atoms with Gasteiger partial charge in [-0.2, -0.15) is 0 Å². The van der Waals surface area contributed by atoms with E-state index in [4.69, 9.17) is 4.52 Å². The highest BCUT2D eigenvalue weighted by atomic mass is 32.2. The molecular formula is C6H15NO2P2S. The van der Waals surface area contributed by atoms with Gasteiger partial charge in [-0.25, -0.2) is 0 Å². The third-order valence-electron chi connectivity index (χ3n) is 1.46. The van der Waals surface area contributed by atoms with E-state index < -0.39 is 0 Å². The van der Waals surface area contributed by atoms with Crippen LogP contribution in [0.3, 0.4) is 0 Å². The van der Waals surface area contributed by atoms with Crippen molar-refractivity contribution >= 4 is 35.7 Å². The molecule has 0 heterocycles. The molecule has 0 aromatic rings. The Bertz CT molecular complexity index is 148. The van der Waals surface area contributed by atoms with Crippen LogP contribution in [-0.2, 0) is 9.32 Å². The summed E-state index contributed by atoms with van der Waals surface area (Å²) in [6, 6.07) is 0.182. The van der Waals surface area contributed by atoms with Crippen molar-refractivity contribution in [2.24, 2.45) is 0 Å². The minimum Gasteiger partial charge on any atom is -0.361 e. The average molecular weight is 227 g/mol. The fourth-order valence-corrected chi connectivity index (χ4v) is 2.15. The molecule has 6 heteroatoms. The maximum absolute atomic E-state index is 10.7. The number of thioether (sulfide) groups is 1. The van der Waals surface area contributed by atoms with Crippen molar-refractivity contribution in [1.29, 1.82) is 0 Å². The van der Waals surface area contributed by atoms with Crippen LogP contribution >= 0.6 is 30.6 Å². The first-order valence-electron chi connectivity index (χ1n) is 3.56. The maximum Gasteiger partial charge on any atom is 0.185 e. The van der Waals surface area contributed by atoms with Crippen LogP contribution in [0.5, 0.6) is 0 Å². The van der Waals surface area contributed by atoms with Gasteiger partial charge in [-0.3, -0.25) is 9.88 Å². The molecule has 0 saturated carbocycles. The maximum atomic E-state index is 10.7. The van der Waals surface area contributed by atoms with Crippen molar-refractivity contribution in [3.05, 3.63) is 0 Å². The SMILES string of the molecule is CC(=O)SC[C@@H](NP)[C@@H](C)OP. The topological polar surface area (TPSA) is 38.3 Å². The molecule has 0 aliphatic rings. The van der Waals surface area contributed by atoms with Gasteiger partial charge in [0.15, 0.2) is 5.12 Å². The third kappa shape index (κ3) is 5.45. The summed E-state index contributed by atoms with van der Waals surface area (Å²) >= 11 is 1.30. The predicted octanol–water partition coefficient (Wildman–Crippen LogP) is 1.21. The van der Waals surface area contributed by atoms with Crippen LogP contribution < -0.4 is 5.09 Å². The van der Waals surface area contributed by atoms with E-state index in [2.05, 4.69) is 23.9 Å². The molecule has 0 bridgehead atoms. The Labute approximate surface area is 82.3 Å². The summed E-state index contributed by atoms with van der Waals surface area (Å²) in [5.41, 5.74) is 0. The molecule has 0 spiro atoms. The molecule has 1 N–H and O–H groups in total. The van der Waals surface area contributed by atoms with E-state index in [1.807, 2.05) is 6.92 Å². The van der Waals surface area contributed by atoms with Crippen molar-refractivity contribution < 1.29 is 9.32 Å². The van der Waals surface area contributed by atoms with Crippen molar-refractivity contribution in [3.8, 4) is 0 Å². The van der Waals surface area contributed by atoms with E-state index in [9.17, 15) is 4.79 Å². The lowest BCUT2D eigenvalue weighted by Crippen LogP contribution is -2.35. The summed E-state index contributed by atoms with van der Waals surface area (Å²) in [7, 11) is 4.66. The molecule has 0 radical (unpaired) electrons. The molecule has 0 aliphatic heterocycles. The lowest BCUT2D eigenvalue weighted by atomic mass is 10.2. The highest BCUT2D eigenvalue weighted by Crippen LogP contribution is 2.11. The molecule has 0 amide bonds. The average Bonchev–Trinajstić information content (AvgIpc) is 2.04. The molecule has 0 aliphatic carbocycles. The van der Waals surface area contributed by atoms with E-state index in [0.717, 1.165) is 5.75 Å². The third-order valence-corrected chi connectivity index (χ3v) is 3.25. The van der Waals surface area contributed by atoms with Crippen LogP contribution in [0, 0.1) is 0 Å². The molecule has 12 heavy (non-hydrogen) atoms. The van der Waals surface area contributed by atoms with Gasteiger partial charge in [0.2, 0.25) is 0 Å². The Morgan fingerprint density at radius 2 is 2.33 bits per heavy atom. The summed E-state index contributed by atoms with van der Waals surface area (Å²) in [6.07, 6.45) is 0.0827. The Kier molecular flexibility index (Phi) is 7.71. The first-order chi connectivity index (χ1) is 5.61. The number of carbonyl (C=O) groups is 1. The van der Waals surface area contributed by atoms with Gasteiger partial charge in [0, 0.05) is 28.2 Å². The lowest BCUT2D eigenvalue weighted by molar-refractivity contribution is -0.109. The zero-order chi connectivity index (χ0) is 9.56. The quantitative estimate of drug-likeness (QED) is 0.716. The number of rotatable bonds is 5. The smallest absolute Gasteiger partial charge is 0.185 e. The van der Waals surface area contributed by atoms with Crippen LogP contribution in [0.2, 0.25) is 0 Å². The first kappa shape index (κ1) is 12.8. The summed E-state index contributed by atoms with van der Waals surface area (Å²) < 4.78 is 5.05. The lowest BCUT2D eigenvalue weighted by Gasteiger charge is -2.20. The number of hydrogen-bond donors (Lipinski definition) is 1. The normalized spacial score (nSPS) is 15.7. The molecule has 0 aromatic carbocycles. The van der Waals surface area contributed by atoms with Gasteiger partial charge in [0.05, 0.1) is 6.10 Å². The first-order valence-corrected chi connectivity index (χ1v) is 5.60. The molecule has 0 rings (SSSR count). The highest BCUT2D eigenvalue weighted by Gasteiger charge is 2.15. The second-order valence-electron chi connectivity index (χ2n) is 2.42. The Hall–Kier alpha value is 0.800. The minimum absolute atomic E-state index is 0.0827. The van der Waals surface area contributed by atoms with E-state index in [-0.39, 0.29) is 17.3 Å². The van der Waals surface area contributed by atoms with E-state index in [1.54, 1.807) is 6.92 Å². The molecule has 72 valence electrons. The van der Waals surface area contributed by atoms with Crippen molar-refractivity contribution in [3.63, 3.8) is 0 Å². The zero-order valence-corrected chi connectivity index (χ0v) is 10.4. The molecular weight excluding hydrogens is 212 g/mol. The van der Waals surface area contributed by atoms with E-state index >= 15 is 0 Å². The van der Waals surface area contributed by atoms with Crippen LogP contribution in [0.15, 0.2) is 0 Å². The van der Waals surface area contributed by atoms with E-state index in [0.29, 0.717) is 0 Å². The summed E-state index contributed by atoms with van der Waals surface area (Å²) in [5.74, 6) is 0.731. The number of carbonyl (C=O) groups excluding carboxylic acids is 1. The van der Waals surface area contributed by atoms with Crippen LogP contribution in [0.4, 0.5) is 0 Å². The summed E-state index contributed by atoms with van der Waals surface area (Å²) in [4.78, 5) is 10.7. The van der Waals surface area contributed by atoms with E-state index in [1.165, 1.54) is 11.8 Å². The zero-order valence-electron chi connectivity index (χ0n) is 7.24. The molecule has 2 unspecified atom stereocenters. The summed E-state index contributed by atoms with van der Waals surface area (Å²) in [6.45, 7) is 3.52. The molecule has 0 fully saturated rings. The van der Waals surface area contributed by atoms with Gasteiger partial charge in [0.25, 0.3) is 0 Å². The fourth-order valence-electron chi connectivity index (χ4n) is 0.621. The van der Waals surface area contributed by atoms with Crippen molar-refractivity contribution in [2.75, 3.05) is 5.75 Å². The Balaban J connectivity index is 3.74. The van der Waals surface area contributed by atoms with Gasteiger partial charge in [-0.05, 0) is 6.92 Å². The minimum atomic E-state index is 0.0827. The van der Waals surface area contributed by atoms with Crippen molar-refractivity contribution in [2.45, 2.75) is 26.0 Å². The van der Waals surface area contributed by atoms with Gasteiger partial charge < -0.3 is 4.52 Å². The number of hydrogen-bond acceptors (Lipinski definition) is 4. The fraction of sp³-hybridized carbons (Fsp3) is 0.833. The Morgan fingerprint density at radius 3 is 2.67 bits per heavy atom. The van der Waals surface area contributed by atoms with Crippen LogP contribution in [-0.4, -0.2) is 23.0 Å². The molecule has 0 aromatic heterocycles. The van der Waals surface area contributed by atoms with Crippen molar-refractivity contribution in [1.82, 2.24) is 5.09 Å². The largest absolute Gasteiger partial charge is 0.361 e. The molecule has 3 nitrogen and oxygen atoms in total.